The minimum Gasteiger partial charge on any atom is -0.497 e. The number of hydrogen-bond donors (Lipinski definition) is 1. The molecule has 3 rings (SSSR count). The Hall–Kier alpha value is -3.02. The van der Waals surface area contributed by atoms with Gasteiger partial charge in [0.25, 0.3) is 5.91 Å². The van der Waals surface area contributed by atoms with E-state index in [2.05, 4.69) is 19.2 Å². The van der Waals surface area contributed by atoms with Gasteiger partial charge in [0, 0.05) is 42.7 Å². The van der Waals surface area contributed by atoms with Gasteiger partial charge in [-0.2, -0.15) is 0 Å². The van der Waals surface area contributed by atoms with Crippen LogP contribution in [0.4, 0.5) is 0 Å². The summed E-state index contributed by atoms with van der Waals surface area (Å²) in [5, 5.41) is 3.05. The zero-order chi connectivity index (χ0) is 22.5. The molecule has 31 heavy (non-hydrogen) atoms. The summed E-state index contributed by atoms with van der Waals surface area (Å²) in [5.41, 5.74) is 2.64. The van der Waals surface area contributed by atoms with Crippen LogP contribution in [-0.4, -0.2) is 50.6 Å². The Morgan fingerprint density at radius 3 is 2.39 bits per heavy atom. The lowest BCUT2D eigenvalue weighted by Crippen LogP contribution is -2.37. The van der Waals surface area contributed by atoms with Gasteiger partial charge in [-0.3, -0.25) is 9.59 Å². The molecule has 166 valence electrons. The van der Waals surface area contributed by atoms with E-state index >= 15 is 0 Å². The number of aryl methyl sites for hydroxylation is 1. The van der Waals surface area contributed by atoms with Crippen LogP contribution in [-0.2, 0) is 4.79 Å². The Morgan fingerprint density at radius 1 is 1.06 bits per heavy atom. The van der Waals surface area contributed by atoms with Crippen LogP contribution in [0.15, 0.2) is 42.5 Å². The van der Waals surface area contributed by atoms with E-state index in [1.807, 2.05) is 49.4 Å². The number of carbonyl (C=O) groups is 2. The molecule has 0 unspecified atom stereocenters. The first-order chi connectivity index (χ1) is 14.8. The SMILES string of the molecule is COc1ccc([C@H]2CN(C(=O)c3ccc(C)cc3)C[C@H]2C(=O)NCC(C)C)c(OC)c1. The van der Waals surface area contributed by atoms with E-state index in [0.717, 1.165) is 11.1 Å². The van der Waals surface area contributed by atoms with E-state index in [4.69, 9.17) is 9.47 Å². The van der Waals surface area contributed by atoms with Crippen LogP contribution in [0.2, 0.25) is 0 Å². The number of nitrogens with zero attached hydrogens (tertiary/aromatic N) is 1. The van der Waals surface area contributed by atoms with Gasteiger partial charge in [0.2, 0.25) is 5.91 Å². The lowest BCUT2D eigenvalue weighted by atomic mass is 9.87. The molecule has 0 saturated carbocycles. The quantitative estimate of drug-likeness (QED) is 0.737. The molecule has 0 bridgehead atoms. The third-order valence-corrected chi connectivity index (χ3v) is 5.77. The van der Waals surface area contributed by atoms with Gasteiger partial charge in [-0.1, -0.05) is 37.6 Å². The molecule has 6 nitrogen and oxygen atoms in total. The second kappa shape index (κ2) is 9.86. The molecule has 1 aliphatic heterocycles. The van der Waals surface area contributed by atoms with Crippen LogP contribution in [0.3, 0.4) is 0 Å². The maximum Gasteiger partial charge on any atom is 0.253 e. The highest BCUT2D eigenvalue weighted by Gasteiger charge is 2.41. The van der Waals surface area contributed by atoms with Crippen LogP contribution in [0, 0.1) is 18.8 Å². The van der Waals surface area contributed by atoms with Crippen molar-refractivity contribution >= 4 is 11.8 Å². The standard InChI is InChI=1S/C25H32N2O4/c1-16(2)13-26-24(28)22-15-27(25(29)18-8-6-17(3)7-9-18)14-21(22)20-11-10-19(30-4)12-23(20)31-5/h6-12,16,21-22H,13-15H2,1-5H3,(H,26,28)/t21-,22-/m1/s1. The molecular weight excluding hydrogens is 392 g/mol. The third kappa shape index (κ3) is 5.19. The van der Waals surface area contributed by atoms with Crippen molar-refractivity contribution < 1.29 is 19.1 Å². The average molecular weight is 425 g/mol. The number of amides is 2. The molecule has 1 N–H and O–H groups in total. The zero-order valence-electron chi connectivity index (χ0n) is 19.0. The Morgan fingerprint density at radius 2 is 1.77 bits per heavy atom. The van der Waals surface area contributed by atoms with Crippen molar-refractivity contribution in [3.05, 3.63) is 59.2 Å². The Labute approximate surface area is 184 Å². The van der Waals surface area contributed by atoms with Gasteiger partial charge in [-0.25, -0.2) is 0 Å². The molecule has 0 aromatic heterocycles. The van der Waals surface area contributed by atoms with Gasteiger partial charge >= 0.3 is 0 Å². The fraction of sp³-hybridized carbons (Fsp3) is 0.440. The van der Waals surface area contributed by atoms with Crippen LogP contribution in [0.25, 0.3) is 0 Å². The summed E-state index contributed by atoms with van der Waals surface area (Å²) in [7, 11) is 3.21. The topological polar surface area (TPSA) is 67.9 Å². The lowest BCUT2D eigenvalue weighted by Gasteiger charge is -2.21. The van der Waals surface area contributed by atoms with Gasteiger partial charge in [0.05, 0.1) is 20.1 Å². The first-order valence-electron chi connectivity index (χ1n) is 10.7. The van der Waals surface area contributed by atoms with Gasteiger partial charge in [-0.15, -0.1) is 0 Å². The molecular formula is C25H32N2O4. The summed E-state index contributed by atoms with van der Waals surface area (Å²) in [4.78, 5) is 28.0. The second-order valence-corrected chi connectivity index (χ2v) is 8.54. The molecule has 2 aromatic rings. The van der Waals surface area contributed by atoms with E-state index in [1.54, 1.807) is 19.1 Å². The molecule has 6 heteroatoms. The average Bonchev–Trinajstić information content (AvgIpc) is 3.22. The first kappa shape index (κ1) is 22.7. The molecule has 0 aliphatic carbocycles. The van der Waals surface area contributed by atoms with Crippen molar-refractivity contribution in [2.24, 2.45) is 11.8 Å². The normalized spacial score (nSPS) is 18.2. The molecule has 1 saturated heterocycles. The van der Waals surface area contributed by atoms with Gasteiger partial charge in [0.1, 0.15) is 11.5 Å². The smallest absolute Gasteiger partial charge is 0.253 e. The van der Waals surface area contributed by atoms with Gasteiger partial charge in [-0.05, 0) is 31.0 Å². The predicted molar refractivity (Wildman–Crippen MR) is 121 cm³/mol. The van der Waals surface area contributed by atoms with Crippen molar-refractivity contribution in [2.45, 2.75) is 26.7 Å². The number of hydrogen-bond acceptors (Lipinski definition) is 4. The molecule has 2 aromatic carbocycles. The summed E-state index contributed by atoms with van der Waals surface area (Å²) in [5.74, 6) is 1.09. The number of ether oxygens (including phenoxy) is 2. The highest BCUT2D eigenvalue weighted by Crippen LogP contribution is 2.39. The molecule has 1 heterocycles. The molecule has 0 spiro atoms. The zero-order valence-corrected chi connectivity index (χ0v) is 19.0. The third-order valence-electron chi connectivity index (χ3n) is 5.77. The number of benzene rings is 2. The lowest BCUT2D eigenvalue weighted by molar-refractivity contribution is -0.125. The van der Waals surface area contributed by atoms with Gasteiger partial charge < -0.3 is 19.7 Å². The predicted octanol–water partition coefficient (Wildman–Crippen LogP) is 3.64. The summed E-state index contributed by atoms with van der Waals surface area (Å²) in [6, 6.07) is 13.2. The summed E-state index contributed by atoms with van der Waals surface area (Å²) in [6.07, 6.45) is 0. The highest BCUT2D eigenvalue weighted by molar-refractivity contribution is 5.95. The fourth-order valence-electron chi connectivity index (χ4n) is 3.99. The van der Waals surface area contributed by atoms with E-state index in [0.29, 0.717) is 42.6 Å². The Bertz CT molecular complexity index is 924. The Kier molecular flexibility index (Phi) is 7.21. The number of rotatable bonds is 7. The number of methoxy groups -OCH3 is 2. The summed E-state index contributed by atoms with van der Waals surface area (Å²) in [6.45, 7) is 7.54. The maximum absolute atomic E-state index is 13.2. The van der Waals surface area contributed by atoms with Crippen LogP contribution in [0.5, 0.6) is 11.5 Å². The van der Waals surface area contributed by atoms with E-state index in [-0.39, 0.29) is 23.7 Å². The number of carbonyl (C=O) groups excluding carboxylic acids is 2. The molecule has 2 amide bonds. The maximum atomic E-state index is 13.2. The van der Waals surface area contributed by atoms with E-state index in [9.17, 15) is 9.59 Å². The van der Waals surface area contributed by atoms with Crippen LogP contribution in [0.1, 0.15) is 41.3 Å². The van der Waals surface area contributed by atoms with Crippen LogP contribution < -0.4 is 14.8 Å². The van der Waals surface area contributed by atoms with Crippen molar-refractivity contribution in [1.29, 1.82) is 0 Å². The van der Waals surface area contributed by atoms with Crippen molar-refractivity contribution in [3.8, 4) is 11.5 Å². The number of likely N-dealkylation sites (tertiary alicyclic amines) is 1. The van der Waals surface area contributed by atoms with Crippen molar-refractivity contribution in [3.63, 3.8) is 0 Å². The first-order valence-corrected chi connectivity index (χ1v) is 10.7. The largest absolute Gasteiger partial charge is 0.497 e. The summed E-state index contributed by atoms with van der Waals surface area (Å²) >= 11 is 0. The summed E-state index contributed by atoms with van der Waals surface area (Å²) < 4.78 is 10.9. The van der Waals surface area contributed by atoms with Crippen molar-refractivity contribution in [1.82, 2.24) is 10.2 Å². The minimum atomic E-state index is -0.351. The molecule has 1 aliphatic rings. The number of nitrogens with one attached hydrogen (secondary N) is 1. The minimum absolute atomic E-state index is 0.0317. The van der Waals surface area contributed by atoms with Crippen molar-refractivity contribution in [2.75, 3.05) is 33.9 Å². The molecule has 0 radical (unpaired) electrons. The fourth-order valence-corrected chi connectivity index (χ4v) is 3.99. The molecule has 1 fully saturated rings. The second-order valence-electron chi connectivity index (χ2n) is 8.54. The highest BCUT2D eigenvalue weighted by atomic mass is 16.5. The van der Waals surface area contributed by atoms with Crippen LogP contribution >= 0.6 is 0 Å². The van der Waals surface area contributed by atoms with E-state index in [1.165, 1.54) is 0 Å². The van der Waals surface area contributed by atoms with E-state index < -0.39 is 0 Å². The van der Waals surface area contributed by atoms with Gasteiger partial charge in [0.15, 0.2) is 0 Å². The molecule has 2 atom stereocenters. The monoisotopic (exact) mass is 424 g/mol. The Balaban J connectivity index is 1.91.